The summed E-state index contributed by atoms with van der Waals surface area (Å²) in [6.45, 7) is 6.03. The molecule has 0 spiro atoms. The largest absolute Gasteiger partial charge is 0.387 e. The second-order valence-electron chi connectivity index (χ2n) is 4.29. The number of nitrogens with zero attached hydrogens (tertiary/aromatic N) is 1. The van der Waals surface area contributed by atoms with Crippen LogP contribution >= 0.6 is 0 Å². The van der Waals surface area contributed by atoms with Crippen LogP contribution in [0.15, 0.2) is 29.3 Å². The van der Waals surface area contributed by atoms with E-state index in [4.69, 9.17) is 0 Å². The van der Waals surface area contributed by atoms with Crippen LogP contribution in [-0.4, -0.2) is 23.0 Å². The van der Waals surface area contributed by atoms with Crippen molar-refractivity contribution in [2.45, 2.75) is 32.4 Å². The Kier molecular flexibility index (Phi) is 5.60. The molecule has 1 unspecified atom stereocenters. The molecule has 0 aromatic carbocycles. The predicted molar refractivity (Wildman–Crippen MR) is 56.0 cm³/mol. The zero-order valence-corrected chi connectivity index (χ0v) is 11.1. The van der Waals surface area contributed by atoms with Crippen molar-refractivity contribution in [2.75, 3.05) is 0 Å². The van der Waals surface area contributed by atoms with E-state index in [2.05, 4.69) is 4.99 Å². The summed E-state index contributed by atoms with van der Waals surface area (Å²) < 4.78 is 0. The second kappa shape index (κ2) is 5.66. The van der Waals surface area contributed by atoms with Gasteiger partial charge in [-0.15, -0.1) is 0 Å². The summed E-state index contributed by atoms with van der Waals surface area (Å²) >= 11 is 0. The smallest absolute Gasteiger partial charge is 0.0984 e. The summed E-state index contributed by atoms with van der Waals surface area (Å²) in [5.74, 6) is 0.103. The molecule has 0 bridgehead atoms. The van der Waals surface area contributed by atoms with Gasteiger partial charge in [0, 0.05) is 34.5 Å². The van der Waals surface area contributed by atoms with Crippen molar-refractivity contribution in [2.24, 2.45) is 10.9 Å². The molecule has 0 heterocycles. The summed E-state index contributed by atoms with van der Waals surface area (Å²) in [6, 6.07) is 0. The van der Waals surface area contributed by atoms with Crippen LogP contribution in [0.3, 0.4) is 0 Å². The van der Waals surface area contributed by atoms with Gasteiger partial charge in [0.15, 0.2) is 0 Å². The summed E-state index contributed by atoms with van der Waals surface area (Å²) in [5.41, 5.74) is -0.104. The molecule has 77 valence electrons. The molecule has 3 heteroatoms. The molecule has 1 aliphatic rings. The quantitative estimate of drug-likeness (QED) is 0.605. The minimum absolute atomic E-state index is 0. The monoisotopic (exact) mass is 272 g/mol. The molecule has 0 fully saturated rings. The topological polar surface area (TPSA) is 32.6 Å². The van der Waals surface area contributed by atoms with E-state index in [1.54, 1.807) is 6.21 Å². The molecule has 0 saturated heterocycles. The average Bonchev–Trinajstić information content (AvgIpc) is 2.50. The normalized spacial score (nSPS) is 18.9. The van der Waals surface area contributed by atoms with Crippen molar-refractivity contribution in [1.82, 2.24) is 0 Å². The van der Waals surface area contributed by atoms with Crippen LogP contribution in [0.25, 0.3) is 0 Å². The maximum Gasteiger partial charge on any atom is 0.0984 e. The van der Waals surface area contributed by atoms with Crippen LogP contribution in [0.4, 0.5) is 0 Å². The summed E-state index contributed by atoms with van der Waals surface area (Å²) in [6.07, 6.45) is 8.97. The molecule has 1 aliphatic carbocycles. The van der Waals surface area contributed by atoms with Gasteiger partial charge in [0.2, 0.25) is 0 Å². The predicted octanol–water partition coefficient (Wildman–Crippen LogP) is 1.96. The number of hydrogen-bond donors (Lipinski definition) is 1. The van der Waals surface area contributed by atoms with Crippen molar-refractivity contribution in [3.05, 3.63) is 24.3 Å². The van der Waals surface area contributed by atoms with Gasteiger partial charge >= 0.3 is 0 Å². The number of aliphatic imine (C=N–C) groups is 1. The number of aliphatic hydroxyl groups is 1. The van der Waals surface area contributed by atoms with Gasteiger partial charge in [0.25, 0.3) is 0 Å². The first-order valence-electron chi connectivity index (χ1n) is 4.57. The van der Waals surface area contributed by atoms with E-state index in [0.717, 1.165) is 0 Å². The van der Waals surface area contributed by atoms with Gasteiger partial charge in [-0.1, -0.05) is 24.3 Å². The maximum atomic E-state index is 9.66. The molecule has 1 radical (unpaired) electrons. The fourth-order valence-electron chi connectivity index (χ4n) is 1.08. The van der Waals surface area contributed by atoms with Gasteiger partial charge in [-0.2, -0.15) is 0 Å². The minimum Gasteiger partial charge on any atom is -0.387 e. The Balaban J connectivity index is 0.00000169. The summed E-state index contributed by atoms with van der Waals surface area (Å²) in [4.78, 5) is 4.26. The molecule has 1 N–H and O–H groups in total. The second-order valence-corrected chi connectivity index (χ2v) is 4.29. The SMILES string of the molecule is CC(C)(C)N=CC(O)C1C=CC=C1.[Nb]. The zero-order chi connectivity index (χ0) is 9.90. The van der Waals surface area contributed by atoms with Crippen LogP contribution < -0.4 is 0 Å². The molecule has 0 saturated carbocycles. The zero-order valence-electron chi connectivity index (χ0n) is 8.88. The van der Waals surface area contributed by atoms with E-state index in [1.807, 2.05) is 45.1 Å². The number of allylic oxidation sites excluding steroid dienone is 2. The van der Waals surface area contributed by atoms with E-state index < -0.39 is 6.10 Å². The molecule has 2 nitrogen and oxygen atoms in total. The van der Waals surface area contributed by atoms with Gasteiger partial charge in [-0.25, -0.2) is 0 Å². The van der Waals surface area contributed by atoms with Crippen molar-refractivity contribution < 1.29 is 27.5 Å². The third kappa shape index (κ3) is 4.91. The Labute approximate surface area is 101 Å². The fraction of sp³-hybridized carbons (Fsp3) is 0.545. The number of rotatable bonds is 2. The third-order valence-electron chi connectivity index (χ3n) is 1.79. The van der Waals surface area contributed by atoms with Crippen molar-refractivity contribution in [3.63, 3.8) is 0 Å². The molecular formula is C11H17NNbO. The molecule has 1 rings (SSSR count). The van der Waals surface area contributed by atoms with Crippen LogP contribution in [-0.2, 0) is 22.4 Å². The summed E-state index contributed by atoms with van der Waals surface area (Å²) in [7, 11) is 0. The van der Waals surface area contributed by atoms with Crippen LogP contribution in [0.1, 0.15) is 20.8 Å². The average molecular weight is 272 g/mol. The number of hydrogen-bond acceptors (Lipinski definition) is 2. The molecule has 0 aromatic heterocycles. The van der Waals surface area contributed by atoms with Crippen LogP contribution in [0, 0.1) is 5.92 Å². The van der Waals surface area contributed by atoms with Gasteiger partial charge in [-0.05, 0) is 20.8 Å². The van der Waals surface area contributed by atoms with E-state index in [1.165, 1.54) is 0 Å². The van der Waals surface area contributed by atoms with Crippen molar-refractivity contribution in [1.29, 1.82) is 0 Å². The Bertz CT molecular complexity index is 239. The Morgan fingerprint density at radius 1 is 1.29 bits per heavy atom. The molecule has 14 heavy (non-hydrogen) atoms. The van der Waals surface area contributed by atoms with E-state index >= 15 is 0 Å². The Morgan fingerprint density at radius 3 is 2.21 bits per heavy atom. The van der Waals surface area contributed by atoms with Crippen molar-refractivity contribution >= 4 is 6.21 Å². The van der Waals surface area contributed by atoms with Gasteiger partial charge < -0.3 is 5.11 Å². The van der Waals surface area contributed by atoms with Crippen molar-refractivity contribution in [3.8, 4) is 0 Å². The Morgan fingerprint density at radius 2 is 1.79 bits per heavy atom. The van der Waals surface area contributed by atoms with Crippen LogP contribution in [0.2, 0.25) is 0 Å². The first-order valence-corrected chi connectivity index (χ1v) is 4.57. The molecule has 0 aliphatic heterocycles. The molecular weight excluding hydrogens is 255 g/mol. The Hall–Kier alpha value is -0.150. The fourth-order valence-corrected chi connectivity index (χ4v) is 1.08. The maximum absolute atomic E-state index is 9.66. The first kappa shape index (κ1) is 13.9. The summed E-state index contributed by atoms with van der Waals surface area (Å²) in [5, 5.41) is 9.66. The van der Waals surface area contributed by atoms with E-state index in [9.17, 15) is 5.11 Å². The van der Waals surface area contributed by atoms with E-state index in [0.29, 0.717) is 0 Å². The first-order chi connectivity index (χ1) is 5.99. The van der Waals surface area contributed by atoms with Gasteiger partial charge in [-0.3, -0.25) is 4.99 Å². The molecule has 0 amide bonds. The van der Waals surface area contributed by atoms with Gasteiger partial charge in [0.1, 0.15) is 0 Å². The molecule has 0 aromatic rings. The van der Waals surface area contributed by atoms with Crippen LogP contribution in [0.5, 0.6) is 0 Å². The minimum atomic E-state index is -0.491. The third-order valence-corrected chi connectivity index (χ3v) is 1.79. The standard InChI is InChI=1S/C11H17NO.Nb/c1-11(2,3)12-8-10(13)9-6-4-5-7-9;/h4-10,13H,1-3H3;. The molecule has 1 atom stereocenters. The van der Waals surface area contributed by atoms with E-state index in [-0.39, 0.29) is 33.8 Å². The number of aliphatic hydroxyl groups excluding tert-OH is 1. The van der Waals surface area contributed by atoms with Gasteiger partial charge in [0.05, 0.1) is 11.6 Å².